The van der Waals surface area contributed by atoms with Crippen LogP contribution < -0.4 is 0 Å². The lowest BCUT2D eigenvalue weighted by Gasteiger charge is -2.09. The molecule has 0 saturated heterocycles. The number of rotatable bonds is 3. The van der Waals surface area contributed by atoms with Crippen LogP contribution in [0.2, 0.25) is 0 Å². The molecule has 1 atom stereocenters. The maximum absolute atomic E-state index is 9.81. The zero-order valence-corrected chi connectivity index (χ0v) is 11.6. The zero-order chi connectivity index (χ0) is 13.1. The number of aliphatic hydroxyl groups is 1. The van der Waals surface area contributed by atoms with Crippen molar-refractivity contribution in [2.45, 2.75) is 69.9 Å². The minimum absolute atomic E-state index is 0.241. The molecule has 0 radical (unpaired) electrons. The largest absolute Gasteiger partial charge is 0.389 e. The van der Waals surface area contributed by atoms with Crippen LogP contribution in [0.4, 0.5) is 0 Å². The molecule has 1 unspecified atom stereocenters. The summed E-state index contributed by atoms with van der Waals surface area (Å²) in [6, 6.07) is 2.78. The Labute approximate surface area is 115 Å². The lowest BCUT2D eigenvalue weighted by Crippen LogP contribution is -2.06. The SMILES string of the molecule is OC1C=C(Cc2ccn(C3CCCC3)n2)CCCC1. The maximum atomic E-state index is 9.81. The van der Waals surface area contributed by atoms with Gasteiger partial charge in [-0.3, -0.25) is 4.68 Å². The number of allylic oxidation sites excluding steroid dienone is 1. The molecule has 3 heteroatoms. The van der Waals surface area contributed by atoms with E-state index in [0.717, 1.165) is 31.4 Å². The fourth-order valence-corrected chi connectivity index (χ4v) is 3.37. The molecule has 0 aromatic carbocycles. The molecule has 19 heavy (non-hydrogen) atoms. The summed E-state index contributed by atoms with van der Waals surface area (Å²) in [4.78, 5) is 0. The number of hydrogen-bond donors (Lipinski definition) is 1. The van der Waals surface area contributed by atoms with Crippen molar-refractivity contribution in [3.8, 4) is 0 Å². The lowest BCUT2D eigenvalue weighted by atomic mass is 10.1. The van der Waals surface area contributed by atoms with Crippen LogP contribution >= 0.6 is 0 Å². The summed E-state index contributed by atoms with van der Waals surface area (Å²) < 4.78 is 2.16. The Kier molecular flexibility index (Phi) is 4.02. The van der Waals surface area contributed by atoms with Gasteiger partial charge in [-0.25, -0.2) is 0 Å². The van der Waals surface area contributed by atoms with E-state index in [9.17, 15) is 5.11 Å². The van der Waals surface area contributed by atoms with E-state index < -0.39 is 0 Å². The molecular weight excluding hydrogens is 236 g/mol. The molecule has 0 amide bonds. The van der Waals surface area contributed by atoms with Crippen LogP contribution in [0.1, 0.15) is 63.1 Å². The van der Waals surface area contributed by atoms with Gasteiger partial charge in [0.15, 0.2) is 0 Å². The van der Waals surface area contributed by atoms with Gasteiger partial charge >= 0.3 is 0 Å². The maximum Gasteiger partial charge on any atom is 0.0723 e. The van der Waals surface area contributed by atoms with Gasteiger partial charge < -0.3 is 5.11 Å². The fourth-order valence-electron chi connectivity index (χ4n) is 3.37. The third-order valence-corrected chi connectivity index (χ3v) is 4.45. The van der Waals surface area contributed by atoms with Crippen LogP contribution in [-0.2, 0) is 6.42 Å². The van der Waals surface area contributed by atoms with Gasteiger partial charge in [-0.05, 0) is 38.2 Å². The molecule has 3 rings (SSSR count). The molecule has 0 spiro atoms. The highest BCUT2D eigenvalue weighted by molar-refractivity contribution is 5.16. The Morgan fingerprint density at radius 1 is 1.16 bits per heavy atom. The molecule has 1 aromatic heterocycles. The van der Waals surface area contributed by atoms with E-state index in [1.54, 1.807) is 0 Å². The van der Waals surface area contributed by atoms with Crippen LogP contribution in [0.25, 0.3) is 0 Å². The number of hydrogen-bond acceptors (Lipinski definition) is 2. The second kappa shape index (κ2) is 5.91. The number of aromatic nitrogens is 2. The summed E-state index contributed by atoms with van der Waals surface area (Å²) in [5.41, 5.74) is 2.52. The van der Waals surface area contributed by atoms with Crippen molar-refractivity contribution in [2.24, 2.45) is 0 Å². The number of aliphatic hydroxyl groups excluding tert-OH is 1. The van der Waals surface area contributed by atoms with Crippen LogP contribution in [0.3, 0.4) is 0 Å². The predicted octanol–water partition coefficient (Wildman–Crippen LogP) is 3.40. The van der Waals surface area contributed by atoms with E-state index >= 15 is 0 Å². The Morgan fingerprint density at radius 3 is 2.79 bits per heavy atom. The first kappa shape index (κ1) is 12.9. The topological polar surface area (TPSA) is 38.0 Å². The zero-order valence-electron chi connectivity index (χ0n) is 11.6. The van der Waals surface area contributed by atoms with Gasteiger partial charge in [0.2, 0.25) is 0 Å². The van der Waals surface area contributed by atoms with Gasteiger partial charge in [-0.2, -0.15) is 5.10 Å². The summed E-state index contributed by atoms with van der Waals surface area (Å²) in [6.45, 7) is 0. The standard InChI is InChI=1S/C16H24N2O/c19-16-8-4-1-5-13(12-16)11-14-9-10-18(17-14)15-6-2-3-7-15/h9-10,12,15-16,19H,1-8,11H2. The predicted molar refractivity (Wildman–Crippen MR) is 76.0 cm³/mol. The molecular formula is C16H24N2O. The van der Waals surface area contributed by atoms with Gasteiger partial charge in [0, 0.05) is 12.6 Å². The second-order valence-electron chi connectivity index (χ2n) is 6.04. The van der Waals surface area contributed by atoms with E-state index in [2.05, 4.69) is 23.0 Å². The van der Waals surface area contributed by atoms with Crippen molar-refractivity contribution in [2.75, 3.05) is 0 Å². The summed E-state index contributed by atoms with van der Waals surface area (Å²) in [5.74, 6) is 0. The molecule has 2 aliphatic carbocycles. The lowest BCUT2D eigenvalue weighted by molar-refractivity contribution is 0.211. The summed E-state index contributed by atoms with van der Waals surface area (Å²) in [5, 5.41) is 14.5. The molecule has 3 nitrogen and oxygen atoms in total. The van der Waals surface area contributed by atoms with Crippen LogP contribution in [0.5, 0.6) is 0 Å². The van der Waals surface area contributed by atoms with Gasteiger partial charge in [-0.15, -0.1) is 0 Å². The van der Waals surface area contributed by atoms with E-state index in [4.69, 9.17) is 5.10 Å². The van der Waals surface area contributed by atoms with Crippen molar-refractivity contribution in [3.63, 3.8) is 0 Å². The first-order chi connectivity index (χ1) is 9.31. The van der Waals surface area contributed by atoms with Gasteiger partial charge in [0.25, 0.3) is 0 Å². The quantitative estimate of drug-likeness (QED) is 0.846. The Bertz CT molecular complexity index is 443. The van der Waals surface area contributed by atoms with Gasteiger partial charge in [0.1, 0.15) is 0 Å². The molecule has 1 fully saturated rings. The molecule has 0 bridgehead atoms. The summed E-state index contributed by atoms with van der Waals surface area (Å²) in [6.07, 6.45) is 14.5. The molecule has 1 saturated carbocycles. The normalized spacial score (nSPS) is 25.3. The highest BCUT2D eigenvalue weighted by atomic mass is 16.3. The summed E-state index contributed by atoms with van der Waals surface area (Å²) >= 11 is 0. The molecule has 0 aliphatic heterocycles. The first-order valence-corrected chi connectivity index (χ1v) is 7.73. The first-order valence-electron chi connectivity index (χ1n) is 7.73. The average molecular weight is 260 g/mol. The van der Waals surface area contributed by atoms with Crippen molar-refractivity contribution in [1.82, 2.24) is 9.78 Å². The highest BCUT2D eigenvalue weighted by Gasteiger charge is 2.18. The van der Waals surface area contributed by atoms with E-state index in [1.807, 2.05) is 0 Å². The van der Waals surface area contributed by atoms with Gasteiger partial charge in [0.05, 0.1) is 17.8 Å². The Morgan fingerprint density at radius 2 is 1.95 bits per heavy atom. The van der Waals surface area contributed by atoms with Crippen molar-refractivity contribution in [3.05, 3.63) is 29.6 Å². The monoisotopic (exact) mass is 260 g/mol. The second-order valence-corrected chi connectivity index (χ2v) is 6.04. The van der Waals surface area contributed by atoms with Crippen LogP contribution in [-0.4, -0.2) is 21.0 Å². The third kappa shape index (κ3) is 3.27. The van der Waals surface area contributed by atoms with Gasteiger partial charge in [-0.1, -0.05) is 30.9 Å². The minimum Gasteiger partial charge on any atom is -0.389 e. The molecule has 104 valence electrons. The minimum atomic E-state index is -0.241. The molecule has 2 aliphatic rings. The van der Waals surface area contributed by atoms with Crippen LogP contribution in [0.15, 0.2) is 23.9 Å². The van der Waals surface area contributed by atoms with Crippen molar-refractivity contribution >= 4 is 0 Å². The average Bonchev–Trinajstić information content (AvgIpc) is 3.01. The Balaban J connectivity index is 1.66. The third-order valence-electron chi connectivity index (χ3n) is 4.45. The van der Waals surface area contributed by atoms with Crippen molar-refractivity contribution in [1.29, 1.82) is 0 Å². The van der Waals surface area contributed by atoms with E-state index in [1.165, 1.54) is 37.7 Å². The molecule has 1 heterocycles. The van der Waals surface area contributed by atoms with Crippen molar-refractivity contribution < 1.29 is 5.11 Å². The molecule has 1 N–H and O–H groups in total. The van der Waals surface area contributed by atoms with Crippen LogP contribution in [0, 0.1) is 0 Å². The van der Waals surface area contributed by atoms with E-state index in [-0.39, 0.29) is 6.10 Å². The number of nitrogens with zero attached hydrogens (tertiary/aromatic N) is 2. The van der Waals surface area contributed by atoms with E-state index in [0.29, 0.717) is 6.04 Å². The smallest absolute Gasteiger partial charge is 0.0723 e. The highest BCUT2D eigenvalue weighted by Crippen LogP contribution is 2.29. The summed E-state index contributed by atoms with van der Waals surface area (Å²) in [7, 11) is 0. The Hall–Kier alpha value is -1.09. The molecule has 1 aromatic rings. The fraction of sp³-hybridized carbons (Fsp3) is 0.688.